The Hall–Kier alpha value is -2.37. The minimum atomic E-state index is 0.708. The molecule has 4 nitrogen and oxygen atoms in total. The second kappa shape index (κ2) is 7.26. The van der Waals surface area contributed by atoms with Gasteiger partial charge in [0.1, 0.15) is 5.75 Å². The minimum absolute atomic E-state index is 0.708. The predicted molar refractivity (Wildman–Crippen MR) is 96.8 cm³/mol. The summed E-state index contributed by atoms with van der Waals surface area (Å²) in [5, 5.41) is 7.62. The molecule has 116 valence electrons. The number of halogens is 1. The van der Waals surface area contributed by atoms with Crippen molar-refractivity contribution >= 4 is 34.3 Å². The van der Waals surface area contributed by atoms with E-state index in [9.17, 15) is 0 Å². The van der Waals surface area contributed by atoms with Gasteiger partial charge < -0.3 is 4.74 Å². The molecule has 0 spiro atoms. The van der Waals surface area contributed by atoms with Crippen molar-refractivity contribution < 1.29 is 4.74 Å². The lowest BCUT2D eigenvalue weighted by Crippen LogP contribution is -1.90. The molecular weight excluding hydrogens is 330 g/mol. The number of rotatable bonds is 5. The van der Waals surface area contributed by atoms with E-state index in [4.69, 9.17) is 16.3 Å². The fourth-order valence-electron chi connectivity index (χ4n) is 1.93. The van der Waals surface area contributed by atoms with Crippen LogP contribution in [0.5, 0.6) is 5.75 Å². The average molecular weight is 344 g/mol. The van der Waals surface area contributed by atoms with Gasteiger partial charge in [0.15, 0.2) is 0 Å². The molecule has 0 saturated heterocycles. The molecule has 0 amide bonds. The van der Waals surface area contributed by atoms with E-state index < -0.39 is 0 Å². The molecule has 1 aromatic heterocycles. The maximum Gasteiger partial charge on any atom is 0.203 e. The van der Waals surface area contributed by atoms with Gasteiger partial charge in [-0.05, 0) is 42.0 Å². The molecule has 3 rings (SSSR count). The summed E-state index contributed by atoms with van der Waals surface area (Å²) in [7, 11) is 1.65. The highest BCUT2D eigenvalue weighted by Crippen LogP contribution is 2.26. The van der Waals surface area contributed by atoms with E-state index in [2.05, 4.69) is 15.5 Å². The van der Waals surface area contributed by atoms with Gasteiger partial charge in [-0.3, -0.25) is 5.43 Å². The van der Waals surface area contributed by atoms with E-state index in [0.717, 1.165) is 27.7 Å². The van der Waals surface area contributed by atoms with Crippen molar-refractivity contribution in [1.29, 1.82) is 0 Å². The molecule has 2 aromatic carbocycles. The fraction of sp³-hybridized carbons (Fsp3) is 0.0588. The first kappa shape index (κ1) is 15.5. The monoisotopic (exact) mass is 343 g/mol. The fourth-order valence-corrected chi connectivity index (χ4v) is 2.72. The van der Waals surface area contributed by atoms with Crippen LogP contribution in [0.2, 0.25) is 5.02 Å². The molecule has 0 fully saturated rings. The molecule has 1 N–H and O–H groups in total. The lowest BCUT2D eigenvalue weighted by molar-refractivity contribution is 0.415. The third-order valence-corrected chi connectivity index (χ3v) is 4.13. The van der Waals surface area contributed by atoms with Crippen molar-refractivity contribution in [3.63, 3.8) is 0 Å². The van der Waals surface area contributed by atoms with Gasteiger partial charge in [-0.25, -0.2) is 4.98 Å². The van der Waals surface area contributed by atoms with Crippen molar-refractivity contribution in [2.24, 2.45) is 5.10 Å². The van der Waals surface area contributed by atoms with E-state index in [0.29, 0.717) is 5.02 Å². The van der Waals surface area contributed by atoms with Gasteiger partial charge in [-0.2, -0.15) is 5.10 Å². The minimum Gasteiger partial charge on any atom is -0.497 e. The Bertz CT molecular complexity index is 797. The molecule has 0 atom stereocenters. The summed E-state index contributed by atoms with van der Waals surface area (Å²) in [4.78, 5) is 4.51. The quantitative estimate of drug-likeness (QED) is 0.528. The lowest BCUT2D eigenvalue weighted by atomic mass is 10.2. The number of ether oxygens (including phenoxy) is 1. The van der Waals surface area contributed by atoms with Gasteiger partial charge in [-0.1, -0.05) is 23.7 Å². The summed E-state index contributed by atoms with van der Waals surface area (Å²) in [5.74, 6) is 0.829. The van der Waals surface area contributed by atoms with Crippen LogP contribution in [0.1, 0.15) is 5.56 Å². The van der Waals surface area contributed by atoms with Gasteiger partial charge in [0.05, 0.1) is 19.0 Å². The van der Waals surface area contributed by atoms with Crippen LogP contribution in [0.3, 0.4) is 0 Å². The number of thiazole rings is 1. The van der Waals surface area contributed by atoms with Crippen LogP contribution in [-0.4, -0.2) is 18.3 Å². The number of nitrogens with zero attached hydrogens (tertiary/aromatic N) is 2. The molecular formula is C17H14ClN3OS. The largest absolute Gasteiger partial charge is 0.497 e. The Labute approximate surface area is 143 Å². The number of benzene rings is 2. The molecule has 0 radical (unpaired) electrons. The molecule has 1 heterocycles. The smallest absolute Gasteiger partial charge is 0.203 e. The van der Waals surface area contributed by atoms with Crippen LogP contribution in [0.15, 0.2) is 59.0 Å². The SMILES string of the molecule is COc1ccc(-c2csc(N/N=C\c3ccc(Cl)cc3)n2)cc1. The molecule has 0 aliphatic rings. The third kappa shape index (κ3) is 4.09. The Balaban J connectivity index is 1.65. The zero-order valence-corrected chi connectivity index (χ0v) is 13.9. The number of nitrogens with one attached hydrogen (secondary N) is 1. The third-order valence-electron chi connectivity index (χ3n) is 3.13. The molecule has 0 saturated carbocycles. The zero-order valence-electron chi connectivity index (χ0n) is 12.4. The van der Waals surface area contributed by atoms with Gasteiger partial charge in [0.2, 0.25) is 5.13 Å². The van der Waals surface area contributed by atoms with Crippen LogP contribution in [-0.2, 0) is 0 Å². The average Bonchev–Trinajstić information content (AvgIpc) is 3.06. The molecule has 0 bridgehead atoms. The molecule has 23 heavy (non-hydrogen) atoms. The van der Waals surface area contributed by atoms with Crippen molar-refractivity contribution in [3.8, 4) is 17.0 Å². The Morgan fingerprint density at radius 1 is 1.13 bits per heavy atom. The summed E-state index contributed by atoms with van der Waals surface area (Å²) in [5.41, 5.74) is 5.85. The Morgan fingerprint density at radius 3 is 2.57 bits per heavy atom. The van der Waals surface area contributed by atoms with E-state index in [-0.39, 0.29) is 0 Å². The highest BCUT2D eigenvalue weighted by Gasteiger charge is 2.04. The molecule has 0 unspecified atom stereocenters. The number of hydrogen-bond acceptors (Lipinski definition) is 5. The maximum atomic E-state index is 5.85. The summed E-state index contributed by atoms with van der Waals surface area (Å²) in [6, 6.07) is 15.3. The van der Waals surface area contributed by atoms with E-state index in [1.807, 2.05) is 53.9 Å². The molecule has 0 aliphatic carbocycles. The van der Waals surface area contributed by atoms with Crippen molar-refractivity contribution in [2.45, 2.75) is 0 Å². The van der Waals surface area contributed by atoms with Crippen LogP contribution in [0.25, 0.3) is 11.3 Å². The number of anilines is 1. The second-order valence-electron chi connectivity index (χ2n) is 4.69. The van der Waals surface area contributed by atoms with E-state index in [1.54, 1.807) is 13.3 Å². The van der Waals surface area contributed by atoms with Crippen LogP contribution < -0.4 is 10.2 Å². The number of hydrogen-bond donors (Lipinski definition) is 1. The van der Waals surface area contributed by atoms with Gasteiger partial charge in [-0.15, -0.1) is 11.3 Å². The predicted octanol–water partition coefficient (Wildman–Crippen LogP) is 4.92. The van der Waals surface area contributed by atoms with E-state index >= 15 is 0 Å². The van der Waals surface area contributed by atoms with E-state index in [1.165, 1.54) is 11.3 Å². The van der Waals surface area contributed by atoms with Crippen molar-refractivity contribution in [2.75, 3.05) is 12.5 Å². The maximum absolute atomic E-state index is 5.85. The molecule has 6 heteroatoms. The standard InChI is InChI=1S/C17H14ClN3OS/c1-22-15-8-4-13(5-9-15)16-11-23-17(20-16)21-19-10-12-2-6-14(18)7-3-12/h2-11H,1H3,(H,20,21)/b19-10-. The molecule has 3 aromatic rings. The first-order valence-electron chi connectivity index (χ1n) is 6.89. The Morgan fingerprint density at radius 2 is 1.87 bits per heavy atom. The summed E-state index contributed by atoms with van der Waals surface area (Å²) >= 11 is 7.35. The first-order valence-corrected chi connectivity index (χ1v) is 8.15. The van der Waals surface area contributed by atoms with Crippen LogP contribution in [0.4, 0.5) is 5.13 Å². The summed E-state index contributed by atoms with van der Waals surface area (Å²) in [6.07, 6.45) is 1.73. The number of aromatic nitrogens is 1. The van der Waals surface area contributed by atoms with Crippen LogP contribution >= 0.6 is 22.9 Å². The van der Waals surface area contributed by atoms with Crippen molar-refractivity contribution in [3.05, 3.63) is 64.5 Å². The zero-order chi connectivity index (χ0) is 16.1. The van der Waals surface area contributed by atoms with Crippen molar-refractivity contribution in [1.82, 2.24) is 4.98 Å². The highest BCUT2D eigenvalue weighted by atomic mass is 35.5. The topological polar surface area (TPSA) is 46.5 Å². The lowest BCUT2D eigenvalue weighted by Gasteiger charge is -2.00. The summed E-state index contributed by atoms with van der Waals surface area (Å²) in [6.45, 7) is 0. The van der Waals surface area contributed by atoms with Gasteiger partial charge >= 0.3 is 0 Å². The number of methoxy groups -OCH3 is 1. The normalized spacial score (nSPS) is 10.9. The Kier molecular flexibility index (Phi) is 4.90. The second-order valence-corrected chi connectivity index (χ2v) is 5.98. The van der Waals surface area contributed by atoms with Crippen LogP contribution in [0, 0.1) is 0 Å². The highest BCUT2D eigenvalue weighted by molar-refractivity contribution is 7.14. The first-order chi connectivity index (χ1) is 11.2. The van der Waals surface area contributed by atoms with Gasteiger partial charge in [0.25, 0.3) is 0 Å². The molecule has 0 aliphatic heterocycles. The summed E-state index contributed by atoms with van der Waals surface area (Å²) < 4.78 is 5.16. The number of hydrazone groups is 1. The van der Waals surface area contributed by atoms with Gasteiger partial charge in [0, 0.05) is 16.0 Å².